The van der Waals surface area contributed by atoms with Gasteiger partial charge in [-0.05, 0) is 265 Å². The van der Waals surface area contributed by atoms with Gasteiger partial charge in [0.15, 0.2) is 0 Å². The predicted molar refractivity (Wildman–Crippen MR) is 445 cm³/mol. The van der Waals surface area contributed by atoms with E-state index in [1.807, 2.05) is 61.2 Å². The molecular formula is C99H103F2N7. The number of nitrogens with zero attached hydrogens (tertiary/aromatic N) is 6. The summed E-state index contributed by atoms with van der Waals surface area (Å²) >= 11 is 0. The largest absolute Gasteiger partial charge is 0.358 e. The Hall–Kier alpha value is -10.4. The van der Waals surface area contributed by atoms with Gasteiger partial charge in [-0.1, -0.05) is 177 Å². The summed E-state index contributed by atoms with van der Waals surface area (Å²) in [6, 6.07) is 71.2. The fourth-order valence-electron chi connectivity index (χ4n) is 18.5. The van der Waals surface area contributed by atoms with Gasteiger partial charge in [-0.25, -0.2) is 8.78 Å². The average Bonchev–Trinajstić information content (AvgIpc) is 1.64. The molecule has 7 aromatic heterocycles. The van der Waals surface area contributed by atoms with Gasteiger partial charge < -0.3 is 23.3 Å². The third kappa shape index (κ3) is 16.0. The van der Waals surface area contributed by atoms with Crippen molar-refractivity contribution >= 4 is 54.5 Å². The highest BCUT2D eigenvalue weighted by Gasteiger charge is 2.25. The van der Waals surface area contributed by atoms with Gasteiger partial charge in [0.25, 0.3) is 0 Å². The summed E-state index contributed by atoms with van der Waals surface area (Å²) in [5, 5.41) is 6.89. The summed E-state index contributed by atoms with van der Waals surface area (Å²) < 4.78 is 36.9. The van der Waals surface area contributed by atoms with Gasteiger partial charge in [0, 0.05) is 140 Å². The molecule has 0 spiro atoms. The van der Waals surface area contributed by atoms with Gasteiger partial charge in [-0.3, -0.25) is 9.97 Å². The fraction of sp³-hybridized carbons (Fsp3) is 0.313. The molecule has 7 heterocycles. The topological polar surface area (TPSA) is 61.3 Å². The predicted octanol–water partition coefficient (Wildman–Crippen LogP) is 24.6. The lowest BCUT2D eigenvalue weighted by Gasteiger charge is -2.11. The first-order valence-corrected chi connectivity index (χ1v) is 40.6. The molecule has 0 aliphatic heterocycles. The van der Waals surface area contributed by atoms with E-state index in [4.69, 9.17) is 0 Å². The number of hydrogen-bond acceptors (Lipinski definition) is 2. The molecule has 15 aromatic rings. The lowest BCUT2D eigenvalue weighted by atomic mass is 10.0. The molecule has 0 saturated heterocycles. The molecule has 7 nitrogen and oxygen atoms in total. The van der Waals surface area contributed by atoms with Crippen LogP contribution in [0.3, 0.4) is 0 Å². The highest BCUT2D eigenvalue weighted by Crippen LogP contribution is 2.39. The molecule has 1 N–H and O–H groups in total. The standard InChI is InChI=1S/C21H22FN.C21H23N.C20H20FN.C19H20N2.C18H18N2/c1-15-7-12-21-19(13-15)18-5-3-2-4-6-20(18)23(21)14-16-8-10-17(22)11-9-16;1-16-12-13-21-19(14-16)18-10-6-3-7-11-20(18)22(21)15-17-8-4-2-5-9-17;21-16-11-12-20-18(13-16)17-9-5-2-6-10-19(17)22(20)14-15-7-3-1-4-8-15;1-2-8-16-17-9-4-5-11-19(17)21(18(16)10-3-1)14-15-7-6-12-20-13-15;1-2-7-15-16-9-4-8-14(13-6-5-11-19-12-13)18(16)20-17(15)10-3-1/h7-13H,2-6,14H2,1H3;2,4-5,8-9,12-14H,3,6-7,10-11,15H2,1H3;1,3-4,7-8,11-13H,2,5-6,9-10,14H2;4-7,9,11-13H,1-3,8,10,14H2;4-6,8-9,11-12,20H,1-3,7,10H2. The molecule has 20 rings (SSSR count). The van der Waals surface area contributed by atoms with Gasteiger partial charge >= 0.3 is 0 Å². The van der Waals surface area contributed by atoms with Crippen LogP contribution in [0.25, 0.3) is 65.6 Å². The number of para-hydroxylation sites is 2. The van der Waals surface area contributed by atoms with Gasteiger partial charge in [-0.15, -0.1) is 0 Å². The summed E-state index contributed by atoms with van der Waals surface area (Å²) in [5.41, 5.74) is 32.1. The molecule has 0 amide bonds. The molecule has 5 aliphatic rings. The highest BCUT2D eigenvalue weighted by molar-refractivity contribution is 5.97. The molecule has 9 heteroatoms. The highest BCUT2D eigenvalue weighted by atomic mass is 19.1. The third-order valence-corrected chi connectivity index (χ3v) is 23.7. The van der Waals surface area contributed by atoms with Crippen molar-refractivity contribution in [1.29, 1.82) is 0 Å². The first-order chi connectivity index (χ1) is 53.2. The molecule has 548 valence electrons. The second-order valence-corrected chi connectivity index (χ2v) is 31.1. The minimum absolute atomic E-state index is 0.128. The van der Waals surface area contributed by atoms with Crippen LogP contribution in [-0.2, 0) is 90.4 Å². The maximum atomic E-state index is 13.7. The van der Waals surface area contributed by atoms with Crippen LogP contribution in [0.4, 0.5) is 8.78 Å². The fourth-order valence-corrected chi connectivity index (χ4v) is 18.5. The monoisotopic (exact) mass is 1430 g/mol. The molecule has 0 unspecified atom stereocenters. The second kappa shape index (κ2) is 33.8. The van der Waals surface area contributed by atoms with Crippen molar-refractivity contribution in [3.8, 4) is 11.1 Å². The van der Waals surface area contributed by atoms with E-state index in [0.717, 1.165) is 56.4 Å². The summed E-state index contributed by atoms with van der Waals surface area (Å²) in [7, 11) is 0. The Kier molecular flexibility index (Phi) is 22.5. The van der Waals surface area contributed by atoms with E-state index in [2.05, 4.69) is 193 Å². The van der Waals surface area contributed by atoms with E-state index < -0.39 is 0 Å². The zero-order valence-corrected chi connectivity index (χ0v) is 63.4. The number of benzene rings is 8. The smallest absolute Gasteiger partial charge is 0.123 e. The van der Waals surface area contributed by atoms with Crippen LogP contribution in [-0.4, -0.2) is 33.2 Å². The number of hydrogen-bond donors (Lipinski definition) is 1. The number of H-pyrrole nitrogens is 1. The number of nitrogens with one attached hydrogen (secondary N) is 1. The Labute approximate surface area is 636 Å². The molecule has 5 aliphatic carbocycles. The number of aryl methyl sites for hydroxylation is 8. The Morgan fingerprint density at radius 2 is 0.704 bits per heavy atom. The number of pyridine rings is 2. The summed E-state index contributed by atoms with van der Waals surface area (Å²) in [5.74, 6) is -0.294. The van der Waals surface area contributed by atoms with Crippen LogP contribution in [0.1, 0.15) is 186 Å². The SMILES string of the molecule is Cc1ccc2c(c1)c1c(n2Cc2ccc(F)cc2)CCCCC1.Cc1ccc2c(c1)c1c(n2Cc2ccccc2)CCCCC1.Fc1ccc2c(c1)c1c(n2Cc2ccccc2)CCCCC1.c1cncc(-c2cccc3c4c([nH]c23)CCCCC4)c1.c1cncc(Cn2c3c(c4ccccc42)CCCCC3)c1. The van der Waals surface area contributed by atoms with Gasteiger partial charge in [-0.2, -0.15) is 0 Å². The normalized spacial score (nSPS) is 14.8. The van der Waals surface area contributed by atoms with Crippen LogP contribution in [0.5, 0.6) is 0 Å². The molecule has 0 saturated carbocycles. The Bertz CT molecular complexity index is 5400. The molecular weight excluding hydrogens is 1330 g/mol. The molecule has 0 radical (unpaired) electrons. The van der Waals surface area contributed by atoms with E-state index in [1.54, 1.807) is 57.9 Å². The van der Waals surface area contributed by atoms with Crippen molar-refractivity contribution < 1.29 is 8.78 Å². The van der Waals surface area contributed by atoms with Crippen molar-refractivity contribution in [2.45, 2.75) is 201 Å². The van der Waals surface area contributed by atoms with Crippen molar-refractivity contribution in [2.24, 2.45) is 0 Å². The van der Waals surface area contributed by atoms with Gasteiger partial charge in [0.2, 0.25) is 0 Å². The quantitative estimate of drug-likeness (QED) is 0.146. The van der Waals surface area contributed by atoms with Gasteiger partial charge in [0.1, 0.15) is 11.6 Å². The minimum Gasteiger partial charge on any atom is -0.358 e. The molecule has 0 atom stereocenters. The average molecular weight is 1430 g/mol. The van der Waals surface area contributed by atoms with Crippen LogP contribution < -0.4 is 0 Å². The Morgan fingerprint density at radius 3 is 1.21 bits per heavy atom. The van der Waals surface area contributed by atoms with E-state index in [9.17, 15) is 8.78 Å². The van der Waals surface area contributed by atoms with Crippen LogP contribution >= 0.6 is 0 Å². The minimum atomic E-state index is -0.166. The van der Waals surface area contributed by atoms with Crippen molar-refractivity contribution in [3.05, 3.63) is 332 Å². The van der Waals surface area contributed by atoms with Crippen LogP contribution in [0.15, 0.2) is 231 Å². The van der Waals surface area contributed by atoms with E-state index in [0.29, 0.717) is 0 Å². The number of aromatic amines is 1. The summed E-state index contributed by atoms with van der Waals surface area (Å²) in [6.07, 6.45) is 39.1. The van der Waals surface area contributed by atoms with E-state index in [-0.39, 0.29) is 11.6 Å². The van der Waals surface area contributed by atoms with E-state index >= 15 is 0 Å². The lowest BCUT2D eigenvalue weighted by molar-refractivity contribution is 0.626. The van der Waals surface area contributed by atoms with Crippen LogP contribution in [0, 0.1) is 25.5 Å². The van der Waals surface area contributed by atoms with E-state index in [1.165, 1.54) is 252 Å². The van der Waals surface area contributed by atoms with Crippen molar-refractivity contribution in [3.63, 3.8) is 0 Å². The number of rotatable bonds is 9. The zero-order valence-electron chi connectivity index (χ0n) is 63.4. The Balaban J connectivity index is 0.000000103. The second-order valence-electron chi connectivity index (χ2n) is 31.1. The summed E-state index contributed by atoms with van der Waals surface area (Å²) in [6.45, 7) is 8.00. The lowest BCUT2D eigenvalue weighted by Crippen LogP contribution is -2.05. The van der Waals surface area contributed by atoms with Gasteiger partial charge in [0.05, 0.1) is 5.52 Å². The van der Waals surface area contributed by atoms with Crippen molar-refractivity contribution in [2.75, 3.05) is 0 Å². The maximum Gasteiger partial charge on any atom is 0.123 e. The molecule has 0 bridgehead atoms. The molecule has 8 aromatic carbocycles. The molecule has 108 heavy (non-hydrogen) atoms. The van der Waals surface area contributed by atoms with Crippen molar-refractivity contribution in [1.82, 2.24) is 33.2 Å². The first-order valence-electron chi connectivity index (χ1n) is 40.6. The number of halogens is 2. The van der Waals surface area contributed by atoms with Crippen LogP contribution in [0.2, 0.25) is 0 Å². The first kappa shape index (κ1) is 71.9. The third-order valence-electron chi connectivity index (χ3n) is 23.7. The number of aromatic nitrogens is 7. The maximum absolute atomic E-state index is 13.7. The molecule has 0 fully saturated rings. The summed E-state index contributed by atoms with van der Waals surface area (Å²) in [4.78, 5) is 12.2. The zero-order chi connectivity index (χ0) is 73.1. The Morgan fingerprint density at radius 1 is 0.306 bits per heavy atom. The number of fused-ring (bicyclic) bond motifs is 15.